The van der Waals surface area contributed by atoms with Crippen LogP contribution in [0.2, 0.25) is 0 Å². The van der Waals surface area contributed by atoms with E-state index in [2.05, 4.69) is 5.10 Å². The highest BCUT2D eigenvalue weighted by Crippen LogP contribution is 2.18. The first-order chi connectivity index (χ1) is 12.4. The quantitative estimate of drug-likeness (QED) is 0.790. The Labute approximate surface area is 150 Å². The molecule has 0 aliphatic carbocycles. The van der Waals surface area contributed by atoms with Crippen molar-refractivity contribution in [1.82, 2.24) is 19.0 Å². The SMILES string of the molecule is O=C(O)Cn1cc(C(=O)N2CCN(S(=O)(=O)c3ccccc3)CC2)cn1. The zero-order chi connectivity index (χ0) is 18.7. The van der Waals surface area contributed by atoms with E-state index in [1.807, 2.05) is 0 Å². The molecule has 0 radical (unpaired) electrons. The van der Waals surface area contributed by atoms with Crippen LogP contribution in [-0.4, -0.2) is 70.6 Å². The first kappa shape index (κ1) is 18.1. The molecule has 1 aromatic carbocycles. The molecule has 1 aliphatic heterocycles. The minimum atomic E-state index is -3.57. The Balaban J connectivity index is 1.64. The number of nitrogens with zero attached hydrogens (tertiary/aromatic N) is 4. The first-order valence-electron chi connectivity index (χ1n) is 7.96. The number of carboxylic acids is 1. The molecule has 1 aliphatic rings. The lowest BCUT2D eigenvalue weighted by molar-refractivity contribution is -0.137. The molecule has 26 heavy (non-hydrogen) atoms. The number of sulfonamides is 1. The van der Waals surface area contributed by atoms with Crippen LogP contribution in [-0.2, 0) is 21.4 Å². The maximum Gasteiger partial charge on any atom is 0.325 e. The molecule has 1 amide bonds. The van der Waals surface area contributed by atoms with Crippen LogP contribution in [0.15, 0.2) is 47.6 Å². The average Bonchev–Trinajstić information content (AvgIpc) is 3.09. The molecule has 1 N–H and O–H groups in total. The first-order valence-corrected chi connectivity index (χ1v) is 9.40. The summed E-state index contributed by atoms with van der Waals surface area (Å²) < 4.78 is 27.7. The molecular formula is C16H18N4O5S. The predicted octanol–water partition coefficient (Wildman–Crippen LogP) is 0.114. The van der Waals surface area contributed by atoms with Crippen molar-refractivity contribution in [3.8, 4) is 0 Å². The zero-order valence-corrected chi connectivity index (χ0v) is 14.7. The Kier molecular flexibility index (Phi) is 5.05. The van der Waals surface area contributed by atoms with Gasteiger partial charge in [0.2, 0.25) is 10.0 Å². The summed E-state index contributed by atoms with van der Waals surface area (Å²) >= 11 is 0. The fourth-order valence-electron chi connectivity index (χ4n) is 2.75. The van der Waals surface area contributed by atoms with Crippen molar-refractivity contribution in [2.45, 2.75) is 11.4 Å². The number of amides is 1. The predicted molar refractivity (Wildman–Crippen MR) is 91.0 cm³/mol. The van der Waals surface area contributed by atoms with Gasteiger partial charge in [-0.1, -0.05) is 18.2 Å². The Bertz CT molecular complexity index is 902. The lowest BCUT2D eigenvalue weighted by Gasteiger charge is -2.33. The van der Waals surface area contributed by atoms with Crippen molar-refractivity contribution in [2.24, 2.45) is 0 Å². The van der Waals surface area contributed by atoms with E-state index < -0.39 is 16.0 Å². The summed E-state index contributed by atoms with van der Waals surface area (Å²) in [5.74, 6) is -1.34. The second kappa shape index (κ2) is 7.26. The van der Waals surface area contributed by atoms with Crippen molar-refractivity contribution in [2.75, 3.05) is 26.2 Å². The van der Waals surface area contributed by atoms with Crippen LogP contribution in [0.1, 0.15) is 10.4 Å². The van der Waals surface area contributed by atoms with Crippen molar-refractivity contribution in [3.05, 3.63) is 48.3 Å². The maximum atomic E-state index is 12.6. The highest BCUT2D eigenvalue weighted by atomic mass is 32.2. The van der Waals surface area contributed by atoms with Crippen LogP contribution in [0, 0.1) is 0 Å². The maximum absolute atomic E-state index is 12.6. The monoisotopic (exact) mass is 378 g/mol. The van der Waals surface area contributed by atoms with E-state index in [-0.39, 0.29) is 49.1 Å². The minimum Gasteiger partial charge on any atom is -0.480 e. The zero-order valence-electron chi connectivity index (χ0n) is 13.9. The second-order valence-electron chi connectivity index (χ2n) is 5.83. The van der Waals surface area contributed by atoms with E-state index in [0.29, 0.717) is 0 Å². The second-order valence-corrected chi connectivity index (χ2v) is 7.77. The standard InChI is InChI=1S/C16H18N4O5S/c21-15(22)12-19-11-13(10-17-19)16(23)18-6-8-20(9-7-18)26(24,25)14-4-2-1-3-5-14/h1-5,10-11H,6-9,12H2,(H,21,22). The number of carboxylic acid groups (broad SMARTS) is 1. The van der Waals surface area contributed by atoms with Crippen molar-refractivity contribution < 1.29 is 23.1 Å². The van der Waals surface area contributed by atoms with Gasteiger partial charge in [0.1, 0.15) is 6.54 Å². The lowest BCUT2D eigenvalue weighted by Crippen LogP contribution is -2.50. The molecule has 0 unspecified atom stereocenters. The number of aromatic nitrogens is 2. The Morgan fingerprint density at radius 3 is 2.35 bits per heavy atom. The smallest absolute Gasteiger partial charge is 0.325 e. The fourth-order valence-corrected chi connectivity index (χ4v) is 4.20. The Morgan fingerprint density at radius 1 is 1.08 bits per heavy atom. The van der Waals surface area contributed by atoms with E-state index in [1.54, 1.807) is 35.2 Å². The largest absolute Gasteiger partial charge is 0.480 e. The highest BCUT2D eigenvalue weighted by molar-refractivity contribution is 7.89. The molecule has 2 heterocycles. The fraction of sp³-hybridized carbons (Fsp3) is 0.312. The molecule has 0 saturated carbocycles. The molecule has 0 atom stereocenters. The number of rotatable bonds is 5. The summed E-state index contributed by atoms with van der Waals surface area (Å²) in [6.07, 6.45) is 2.70. The van der Waals surface area contributed by atoms with Crippen molar-refractivity contribution in [1.29, 1.82) is 0 Å². The summed E-state index contributed by atoms with van der Waals surface area (Å²) in [7, 11) is -3.57. The van der Waals surface area contributed by atoms with Gasteiger partial charge in [0, 0.05) is 32.4 Å². The minimum absolute atomic E-state index is 0.201. The molecule has 0 spiro atoms. The van der Waals surface area contributed by atoms with Crippen molar-refractivity contribution in [3.63, 3.8) is 0 Å². The molecule has 1 fully saturated rings. The molecule has 138 valence electrons. The van der Waals surface area contributed by atoms with E-state index in [1.165, 1.54) is 21.4 Å². The third kappa shape index (κ3) is 3.75. The van der Waals surface area contributed by atoms with Crippen LogP contribution < -0.4 is 0 Å². The molecular weight excluding hydrogens is 360 g/mol. The van der Waals surface area contributed by atoms with Gasteiger partial charge in [-0.05, 0) is 12.1 Å². The summed E-state index contributed by atoms with van der Waals surface area (Å²) in [6, 6.07) is 8.18. The van der Waals surface area contributed by atoms with Crippen LogP contribution >= 0.6 is 0 Å². The normalized spacial score (nSPS) is 15.8. The van der Waals surface area contributed by atoms with Gasteiger partial charge >= 0.3 is 5.97 Å². The summed E-state index contributed by atoms with van der Waals surface area (Å²) in [6.45, 7) is 0.596. The van der Waals surface area contributed by atoms with Gasteiger partial charge in [-0.2, -0.15) is 9.40 Å². The highest BCUT2D eigenvalue weighted by Gasteiger charge is 2.30. The van der Waals surface area contributed by atoms with E-state index in [4.69, 9.17) is 5.11 Å². The van der Waals surface area contributed by atoms with Gasteiger partial charge in [0.15, 0.2) is 0 Å². The third-order valence-electron chi connectivity index (χ3n) is 4.08. The molecule has 1 saturated heterocycles. The molecule has 0 bridgehead atoms. The topological polar surface area (TPSA) is 113 Å². The van der Waals surface area contributed by atoms with Gasteiger partial charge in [-0.15, -0.1) is 0 Å². The number of aliphatic carboxylic acids is 1. The van der Waals surface area contributed by atoms with E-state index in [0.717, 1.165) is 0 Å². The van der Waals surface area contributed by atoms with Crippen LogP contribution in [0.5, 0.6) is 0 Å². The molecule has 2 aromatic rings. The van der Waals surface area contributed by atoms with Gasteiger partial charge in [-0.3, -0.25) is 14.3 Å². The number of hydrogen-bond donors (Lipinski definition) is 1. The number of carbonyl (C=O) groups is 2. The molecule has 3 rings (SSSR count). The van der Waals surface area contributed by atoms with Gasteiger partial charge in [0.05, 0.1) is 16.7 Å². The summed E-state index contributed by atoms with van der Waals surface area (Å²) in [4.78, 5) is 24.9. The number of hydrogen-bond acceptors (Lipinski definition) is 5. The summed E-state index contributed by atoms with van der Waals surface area (Å²) in [5, 5.41) is 12.6. The molecule has 9 nitrogen and oxygen atoms in total. The number of carbonyl (C=O) groups excluding carboxylic acids is 1. The average molecular weight is 378 g/mol. The van der Waals surface area contributed by atoms with Crippen molar-refractivity contribution >= 4 is 21.9 Å². The Hall–Kier alpha value is -2.72. The lowest BCUT2D eigenvalue weighted by atomic mass is 10.2. The van der Waals surface area contributed by atoms with E-state index >= 15 is 0 Å². The van der Waals surface area contributed by atoms with Gasteiger partial charge in [0.25, 0.3) is 5.91 Å². The Morgan fingerprint density at radius 2 is 1.73 bits per heavy atom. The van der Waals surface area contributed by atoms with Crippen LogP contribution in [0.3, 0.4) is 0 Å². The summed E-state index contributed by atoms with van der Waals surface area (Å²) in [5.41, 5.74) is 0.283. The van der Waals surface area contributed by atoms with Gasteiger partial charge in [-0.25, -0.2) is 8.42 Å². The van der Waals surface area contributed by atoms with E-state index in [9.17, 15) is 18.0 Å². The van der Waals surface area contributed by atoms with Gasteiger partial charge < -0.3 is 10.0 Å². The number of benzene rings is 1. The molecule has 10 heteroatoms. The third-order valence-corrected chi connectivity index (χ3v) is 6.00. The van der Waals surface area contributed by atoms with Crippen LogP contribution in [0.25, 0.3) is 0 Å². The number of piperazine rings is 1. The molecule has 1 aromatic heterocycles. The van der Waals surface area contributed by atoms with Crippen LogP contribution in [0.4, 0.5) is 0 Å².